The van der Waals surface area contributed by atoms with Crippen molar-refractivity contribution in [3.63, 3.8) is 0 Å². The van der Waals surface area contributed by atoms with E-state index in [-0.39, 0.29) is 11.8 Å². The molecule has 12 heavy (non-hydrogen) atoms. The van der Waals surface area contributed by atoms with Crippen LogP contribution in [0.15, 0.2) is 0 Å². The molecule has 1 aliphatic rings. The molecule has 0 aliphatic carbocycles. The van der Waals surface area contributed by atoms with Gasteiger partial charge in [0.05, 0.1) is 12.4 Å². The van der Waals surface area contributed by atoms with Crippen LogP contribution in [-0.2, 0) is 14.3 Å². The molecule has 0 aromatic carbocycles. The molecule has 0 N–H and O–H groups in total. The molecule has 1 unspecified atom stereocenters. The molecule has 0 aromatic rings. The van der Waals surface area contributed by atoms with Crippen molar-refractivity contribution >= 4 is 23.5 Å². The molecule has 0 spiro atoms. The van der Waals surface area contributed by atoms with Gasteiger partial charge in [-0.3, -0.25) is 9.59 Å². The summed E-state index contributed by atoms with van der Waals surface area (Å²) in [6.45, 7) is 2.11. The molecule has 4 heteroatoms. The number of carbonyl (C=O) groups excluding carboxylic acids is 2. The first-order chi connectivity index (χ1) is 5.75. The Labute approximate surface area is 75.8 Å². The molecular weight excluding hydrogens is 176 g/mol. The monoisotopic (exact) mass is 188 g/mol. The first-order valence-electron chi connectivity index (χ1n) is 4.02. The van der Waals surface area contributed by atoms with E-state index in [1.165, 1.54) is 0 Å². The first-order valence-corrected chi connectivity index (χ1v) is 5.18. The minimum Gasteiger partial charge on any atom is -0.465 e. The van der Waals surface area contributed by atoms with Crippen LogP contribution in [0.2, 0.25) is 0 Å². The van der Waals surface area contributed by atoms with E-state index >= 15 is 0 Å². The van der Waals surface area contributed by atoms with E-state index in [2.05, 4.69) is 0 Å². The third-order valence-corrected chi connectivity index (χ3v) is 2.77. The Hall–Kier alpha value is -0.510. The minimum absolute atomic E-state index is 0.0182. The summed E-state index contributed by atoms with van der Waals surface area (Å²) >= 11 is 1.58. The predicted octanol–water partition coefficient (Wildman–Crippen LogP) is 0.872. The first kappa shape index (κ1) is 9.58. The van der Waals surface area contributed by atoms with Gasteiger partial charge in [-0.15, -0.1) is 0 Å². The number of Topliss-reactive ketones (excluding diaryl/α,β-unsaturated/α-hetero) is 1. The maximum atomic E-state index is 11.2. The number of thioether (sulfide) groups is 1. The average molecular weight is 188 g/mol. The summed E-state index contributed by atoms with van der Waals surface area (Å²) in [5, 5.41) is 0. The normalized spacial score (nSPS) is 23.8. The lowest BCUT2D eigenvalue weighted by molar-refractivity contribution is -0.151. The smallest absolute Gasteiger partial charge is 0.316 e. The number of hydrogen-bond donors (Lipinski definition) is 0. The number of carbonyl (C=O) groups is 2. The molecule has 1 fully saturated rings. The summed E-state index contributed by atoms with van der Waals surface area (Å²) in [5.41, 5.74) is 0. The van der Waals surface area contributed by atoms with E-state index in [1.54, 1.807) is 18.7 Å². The van der Waals surface area contributed by atoms with Crippen molar-refractivity contribution in [3.05, 3.63) is 0 Å². The fourth-order valence-corrected chi connectivity index (χ4v) is 2.08. The van der Waals surface area contributed by atoms with Gasteiger partial charge in [0.1, 0.15) is 5.92 Å². The van der Waals surface area contributed by atoms with Crippen molar-refractivity contribution in [2.24, 2.45) is 5.92 Å². The topological polar surface area (TPSA) is 43.4 Å². The largest absolute Gasteiger partial charge is 0.465 e. The zero-order chi connectivity index (χ0) is 8.97. The van der Waals surface area contributed by atoms with E-state index in [4.69, 9.17) is 4.74 Å². The molecule has 0 radical (unpaired) electrons. The van der Waals surface area contributed by atoms with E-state index in [0.29, 0.717) is 18.8 Å². The van der Waals surface area contributed by atoms with Gasteiger partial charge in [0, 0.05) is 0 Å². The maximum absolute atomic E-state index is 11.2. The Morgan fingerprint density at radius 3 is 3.08 bits per heavy atom. The molecular formula is C8H12O3S. The molecule has 1 aliphatic heterocycles. The van der Waals surface area contributed by atoms with Gasteiger partial charge in [0.15, 0.2) is 5.78 Å². The van der Waals surface area contributed by atoms with Crippen molar-refractivity contribution < 1.29 is 14.3 Å². The van der Waals surface area contributed by atoms with E-state index < -0.39 is 5.92 Å². The highest BCUT2D eigenvalue weighted by atomic mass is 32.2. The number of rotatable bonds is 2. The number of ether oxygens (including phenoxy) is 1. The van der Waals surface area contributed by atoms with Gasteiger partial charge in [0.2, 0.25) is 0 Å². The second-order valence-electron chi connectivity index (χ2n) is 2.61. The van der Waals surface area contributed by atoms with Gasteiger partial charge in [-0.1, -0.05) is 0 Å². The zero-order valence-corrected chi connectivity index (χ0v) is 7.86. The Balaban J connectivity index is 2.48. The van der Waals surface area contributed by atoms with Crippen molar-refractivity contribution in [3.8, 4) is 0 Å². The quantitative estimate of drug-likeness (QED) is 0.476. The average Bonchev–Trinajstić information content (AvgIpc) is 2.05. The molecule has 0 aromatic heterocycles. The minimum atomic E-state index is -0.480. The van der Waals surface area contributed by atoms with Crippen molar-refractivity contribution in [1.82, 2.24) is 0 Å². The SMILES string of the molecule is CCOC(=O)C1CCSCC1=O. The van der Waals surface area contributed by atoms with Gasteiger partial charge in [-0.05, 0) is 19.1 Å². The van der Waals surface area contributed by atoms with Crippen LogP contribution >= 0.6 is 11.8 Å². The van der Waals surface area contributed by atoms with Gasteiger partial charge in [0.25, 0.3) is 0 Å². The van der Waals surface area contributed by atoms with Crippen molar-refractivity contribution in [2.45, 2.75) is 13.3 Å². The number of ketones is 1. The standard InChI is InChI=1S/C8H12O3S/c1-2-11-8(10)6-3-4-12-5-7(6)9/h6H,2-5H2,1H3. The summed E-state index contributed by atoms with van der Waals surface area (Å²) in [7, 11) is 0. The molecule has 0 bridgehead atoms. The Morgan fingerprint density at radius 2 is 2.50 bits per heavy atom. The summed E-state index contributed by atoms with van der Waals surface area (Å²) in [6, 6.07) is 0. The van der Waals surface area contributed by atoms with E-state index in [1.807, 2.05) is 0 Å². The van der Waals surface area contributed by atoms with E-state index in [9.17, 15) is 9.59 Å². The van der Waals surface area contributed by atoms with E-state index in [0.717, 1.165) is 5.75 Å². The van der Waals surface area contributed by atoms with Crippen LogP contribution in [0.1, 0.15) is 13.3 Å². The van der Waals surface area contributed by atoms with Crippen molar-refractivity contribution in [2.75, 3.05) is 18.1 Å². The van der Waals surface area contributed by atoms with Crippen LogP contribution in [0.25, 0.3) is 0 Å². The van der Waals surface area contributed by atoms with Crippen LogP contribution in [0.4, 0.5) is 0 Å². The molecule has 3 nitrogen and oxygen atoms in total. The van der Waals surface area contributed by atoms with Crippen LogP contribution in [0.3, 0.4) is 0 Å². The summed E-state index contributed by atoms with van der Waals surface area (Å²) < 4.78 is 4.78. The number of hydrogen-bond acceptors (Lipinski definition) is 4. The lowest BCUT2D eigenvalue weighted by Crippen LogP contribution is -2.31. The third kappa shape index (κ3) is 2.24. The molecule has 1 atom stereocenters. The molecule has 68 valence electrons. The molecule has 1 heterocycles. The lowest BCUT2D eigenvalue weighted by atomic mass is 10.0. The zero-order valence-electron chi connectivity index (χ0n) is 7.04. The highest BCUT2D eigenvalue weighted by Crippen LogP contribution is 2.20. The van der Waals surface area contributed by atoms with Crippen LogP contribution in [0, 0.1) is 5.92 Å². The van der Waals surface area contributed by atoms with Gasteiger partial charge < -0.3 is 4.74 Å². The van der Waals surface area contributed by atoms with Crippen molar-refractivity contribution in [1.29, 1.82) is 0 Å². The Bertz CT molecular complexity index is 191. The second kappa shape index (κ2) is 4.50. The molecule has 1 saturated heterocycles. The second-order valence-corrected chi connectivity index (χ2v) is 3.72. The Kier molecular flexibility index (Phi) is 3.59. The van der Waals surface area contributed by atoms with Gasteiger partial charge in [-0.2, -0.15) is 11.8 Å². The highest BCUT2D eigenvalue weighted by Gasteiger charge is 2.30. The highest BCUT2D eigenvalue weighted by molar-refractivity contribution is 8.00. The van der Waals surface area contributed by atoms with Crippen LogP contribution in [0.5, 0.6) is 0 Å². The molecule has 0 saturated carbocycles. The Morgan fingerprint density at radius 1 is 1.75 bits per heavy atom. The van der Waals surface area contributed by atoms with Gasteiger partial charge in [-0.25, -0.2) is 0 Å². The summed E-state index contributed by atoms with van der Waals surface area (Å²) in [4.78, 5) is 22.3. The van der Waals surface area contributed by atoms with Gasteiger partial charge >= 0.3 is 5.97 Å². The fraction of sp³-hybridized carbons (Fsp3) is 0.750. The maximum Gasteiger partial charge on any atom is 0.316 e. The fourth-order valence-electron chi connectivity index (χ4n) is 1.13. The summed E-state index contributed by atoms with van der Waals surface area (Å²) in [6.07, 6.45) is 0.641. The van der Waals surface area contributed by atoms with Crippen LogP contribution < -0.4 is 0 Å². The number of esters is 1. The predicted molar refractivity (Wildman–Crippen MR) is 47.1 cm³/mol. The molecule has 1 rings (SSSR count). The third-order valence-electron chi connectivity index (χ3n) is 1.75. The summed E-state index contributed by atoms with van der Waals surface area (Å²) in [5.74, 6) is 0.539. The molecule has 0 amide bonds. The van der Waals surface area contributed by atoms with Crippen LogP contribution in [-0.4, -0.2) is 29.9 Å². The lowest BCUT2D eigenvalue weighted by Gasteiger charge is -2.17.